The van der Waals surface area contributed by atoms with E-state index in [1.54, 1.807) is 0 Å². The fourth-order valence-electron chi connectivity index (χ4n) is 1.65. The molecule has 0 unspecified atom stereocenters. The van der Waals surface area contributed by atoms with Crippen LogP contribution in [0.2, 0.25) is 0 Å². The van der Waals surface area contributed by atoms with Crippen LogP contribution in [-0.2, 0) is 4.74 Å². The van der Waals surface area contributed by atoms with E-state index in [0.717, 1.165) is 38.1 Å². The number of nitrogens with zero attached hydrogens (tertiary/aromatic N) is 2. The highest BCUT2D eigenvalue weighted by atomic mass is 16.6. The van der Waals surface area contributed by atoms with E-state index >= 15 is 0 Å². The largest absolute Gasteiger partial charge is 0.443 e. The van der Waals surface area contributed by atoms with Gasteiger partial charge in [-0.15, -0.1) is 0 Å². The van der Waals surface area contributed by atoms with Crippen molar-refractivity contribution in [2.24, 2.45) is 5.10 Å². The van der Waals surface area contributed by atoms with Crippen LogP contribution in [0.1, 0.15) is 40.0 Å². The van der Waals surface area contributed by atoms with Crippen molar-refractivity contribution in [3.8, 4) is 0 Å². The summed E-state index contributed by atoms with van der Waals surface area (Å²) >= 11 is 0. The zero-order valence-corrected chi connectivity index (χ0v) is 11.2. The summed E-state index contributed by atoms with van der Waals surface area (Å²) in [6, 6.07) is 0. The number of amides is 1. The molecule has 5 nitrogen and oxygen atoms in total. The smallest absolute Gasteiger partial charge is 0.428 e. The molecule has 1 N–H and O–H groups in total. The molecule has 1 heterocycles. The number of ether oxygens (including phenoxy) is 1. The van der Waals surface area contributed by atoms with E-state index in [1.807, 2.05) is 20.8 Å². The molecule has 0 aromatic heterocycles. The van der Waals surface area contributed by atoms with E-state index in [1.165, 1.54) is 0 Å². The summed E-state index contributed by atoms with van der Waals surface area (Å²) in [5, 5.41) is 4.13. The molecule has 0 aromatic carbocycles. The lowest BCUT2D eigenvalue weighted by Crippen LogP contribution is -2.30. The highest BCUT2D eigenvalue weighted by Crippen LogP contribution is 2.08. The van der Waals surface area contributed by atoms with Gasteiger partial charge in [0.2, 0.25) is 0 Å². The van der Waals surface area contributed by atoms with Gasteiger partial charge in [0.25, 0.3) is 0 Å². The van der Waals surface area contributed by atoms with E-state index in [9.17, 15) is 4.79 Å². The summed E-state index contributed by atoms with van der Waals surface area (Å²) in [5.74, 6) is 0. The van der Waals surface area contributed by atoms with Crippen LogP contribution in [0.25, 0.3) is 0 Å². The van der Waals surface area contributed by atoms with Crippen molar-refractivity contribution < 1.29 is 9.53 Å². The minimum absolute atomic E-state index is 0.478. The Hall–Kier alpha value is -1.10. The zero-order valence-electron chi connectivity index (χ0n) is 11.2. The molecule has 1 aliphatic heterocycles. The van der Waals surface area contributed by atoms with Gasteiger partial charge in [-0.2, -0.15) is 5.10 Å². The molecular weight excluding hydrogens is 218 g/mol. The van der Waals surface area contributed by atoms with Crippen LogP contribution in [0.3, 0.4) is 0 Å². The number of hydrazone groups is 1. The molecule has 1 saturated heterocycles. The maximum Gasteiger partial charge on any atom is 0.428 e. The Kier molecular flexibility index (Phi) is 4.93. The van der Waals surface area contributed by atoms with E-state index in [0.29, 0.717) is 0 Å². The molecule has 0 atom stereocenters. The SMILES string of the molecule is CN1CCC/C(=N/NC(=O)OC(C)(C)C)CC1. The third-order valence-corrected chi connectivity index (χ3v) is 2.49. The number of hydrogen-bond donors (Lipinski definition) is 1. The quantitative estimate of drug-likeness (QED) is 0.714. The van der Waals surface area contributed by atoms with Gasteiger partial charge in [-0.3, -0.25) is 0 Å². The highest BCUT2D eigenvalue weighted by Gasteiger charge is 2.16. The fraction of sp³-hybridized carbons (Fsp3) is 0.833. The van der Waals surface area contributed by atoms with Crippen molar-refractivity contribution in [2.45, 2.75) is 45.6 Å². The molecule has 0 saturated carbocycles. The molecule has 17 heavy (non-hydrogen) atoms. The lowest BCUT2D eigenvalue weighted by atomic mass is 10.2. The molecule has 98 valence electrons. The number of hydrogen-bond acceptors (Lipinski definition) is 4. The molecular formula is C12H23N3O2. The minimum atomic E-state index is -0.484. The molecule has 0 aliphatic carbocycles. The molecule has 0 radical (unpaired) electrons. The second-order valence-electron chi connectivity index (χ2n) is 5.45. The average Bonchev–Trinajstić information content (AvgIpc) is 2.37. The first kappa shape index (κ1) is 14.0. The molecule has 1 aliphatic rings. The fourth-order valence-corrected chi connectivity index (χ4v) is 1.65. The van der Waals surface area contributed by atoms with Gasteiger partial charge in [0.05, 0.1) is 0 Å². The third kappa shape index (κ3) is 6.26. The van der Waals surface area contributed by atoms with E-state index < -0.39 is 11.7 Å². The van der Waals surface area contributed by atoms with Gasteiger partial charge < -0.3 is 9.64 Å². The second-order valence-corrected chi connectivity index (χ2v) is 5.45. The van der Waals surface area contributed by atoms with Gasteiger partial charge in [-0.1, -0.05) is 0 Å². The van der Waals surface area contributed by atoms with Crippen LogP contribution in [0.15, 0.2) is 5.10 Å². The number of carbonyl (C=O) groups excluding carboxylic acids is 1. The van der Waals surface area contributed by atoms with Crippen molar-refractivity contribution in [3.63, 3.8) is 0 Å². The van der Waals surface area contributed by atoms with Crippen molar-refractivity contribution in [1.29, 1.82) is 0 Å². The Morgan fingerprint density at radius 3 is 2.71 bits per heavy atom. The van der Waals surface area contributed by atoms with Gasteiger partial charge in [-0.25, -0.2) is 10.2 Å². The lowest BCUT2D eigenvalue weighted by Gasteiger charge is -2.18. The number of likely N-dealkylation sites (tertiary alicyclic amines) is 1. The average molecular weight is 241 g/mol. The first-order valence-electron chi connectivity index (χ1n) is 6.10. The van der Waals surface area contributed by atoms with Crippen LogP contribution in [-0.4, -0.2) is 42.4 Å². The van der Waals surface area contributed by atoms with Gasteiger partial charge in [0.15, 0.2) is 0 Å². The molecule has 0 bridgehead atoms. The van der Waals surface area contributed by atoms with Gasteiger partial charge in [0.1, 0.15) is 5.60 Å². The van der Waals surface area contributed by atoms with Crippen molar-refractivity contribution in [2.75, 3.05) is 20.1 Å². The summed E-state index contributed by atoms with van der Waals surface area (Å²) in [5.41, 5.74) is 3.02. The second kappa shape index (κ2) is 6.00. The van der Waals surface area contributed by atoms with Crippen LogP contribution in [0.5, 0.6) is 0 Å². The minimum Gasteiger partial charge on any atom is -0.443 e. The van der Waals surface area contributed by atoms with Gasteiger partial charge in [0, 0.05) is 18.7 Å². The predicted molar refractivity (Wildman–Crippen MR) is 68.2 cm³/mol. The third-order valence-electron chi connectivity index (χ3n) is 2.49. The Labute approximate surface area is 103 Å². The molecule has 0 spiro atoms. The Bertz CT molecular complexity index is 295. The summed E-state index contributed by atoms with van der Waals surface area (Å²) in [4.78, 5) is 13.7. The standard InChI is InChI=1S/C12H23N3O2/c1-12(2,3)17-11(16)14-13-10-6-5-8-15(4)9-7-10/h5-9H2,1-4H3,(H,14,16)/b13-10-. The van der Waals surface area contributed by atoms with Crippen LogP contribution in [0.4, 0.5) is 4.79 Å². The van der Waals surface area contributed by atoms with E-state index in [4.69, 9.17) is 4.74 Å². The molecule has 5 heteroatoms. The van der Waals surface area contributed by atoms with Crippen LogP contribution < -0.4 is 5.43 Å². The van der Waals surface area contributed by atoms with E-state index in [-0.39, 0.29) is 0 Å². The zero-order chi connectivity index (χ0) is 12.9. The molecule has 1 fully saturated rings. The first-order valence-corrected chi connectivity index (χ1v) is 6.10. The maximum absolute atomic E-state index is 11.4. The number of nitrogens with one attached hydrogen (secondary N) is 1. The summed E-state index contributed by atoms with van der Waals surface area (Å²) in [7, 11) is 2.10. The Morgan fingerprint density at radius 1 is 1.35 bits per heavy atom. The normalized spacial score (nSPS) is 21.1. The summed E-state index contributed by atoms with van der Waals surface area (Å²) in [6.07, 6.45) is 2.46. The van der Waals surface area contributed by atoms with Crippen LogP contribution in [0, 0.1) is 0 Å². The number of rotatable bonds is 1. The summed E-state index contributed by atoms with van der Waals surface area (Å²) < 4.78 is 5.11. The predicted octanol–water partition coefficient (Wildman–Crippen LogP) is 1.98. The number of carbonyl (C=O) groups is 1. The van der Waals surface area contributed by atoms with Gasteiger partial charge in [-0.05, 0) is 47.2 Å². The Morgan fingerprint density at radius 2 is 2.06 bits per heavy atom. The van der Waals surface area contributed by atoms with Crippen molar-refractivity contribution >= 4 is 11.8 Å². The van der Waals surface area contributed by atoms with Crippen LogP contribution >= 0.6 is 0 Å². The lowest BCUT2D eigenvalue weighted by molar-refractivity contribution is 0.0529. The Balaban J connectivity index is 2.39. The molecule has 1 amide bonds. The topological polar surface area (TPSA) is 53.9 Å². The maximum atomic E-state index is 11.4. The molecule has 0 aromatic rings. The highest BCUT2D eigenvalue weighted by molar-refractivity contribution is 5.85. The van der Waals surface area contributed by atoms with Crippen molar-refractivity contribution in [3.05, 3.63) is 0 Å². The van der Waals surface area contributed by atoms with E-state index in [2.05, 4.69) is 22.5 Å². The first-order chi connectivity index (χ1) is 7.87. The monoisotopic (exact) mass is 241 g/mol. The molecule has 1 rings (SSSR count). The van der Waals surface area contributed by atoms with Gasteiger partial charge >= 0.3 is 6.09 Å². The van der Waals surface area contributed by atoms with Crippen molar-refractivity contribution in [1.82, 2.24) is 10.3 Å². The summed E-state index contributed by atoms with van der Waals surface area (Å²) in [6.45, 7) is 7.58.